The van der Waals surface area contributed by atoms with Crippen LogP contribution in [0.2, 0.25) is 5.02 Å². The molecule has 0 heterocycles. The summed E-state index contributed by atoms with van der Waals surface area (Å²) in [5.41, 5.74) is 5.70. The second-order valence-corrected chi connectivity index (χ2v) is 6.82. The van der Waals surface area contributed by atoms with Crippen LogP contribution in [0.5, 0.6) is 11.5 Å². The van der Waals surface area contributed by atoms with Crippen LogP contribution >= 0.6 is 11.6 Å². The number of halogens is 1. The van der Waals surface area contributed by atoms with Crippen molar-refractivity contribution in [2.24, 2.45) is 0 Å². The maximum absolute atomic E-state index is 12.1. The average molecular weight is 405 g/mol. The van der Waals surface area contributed by atoms with Gasteiger partial charge in [-0.25, -0.2) is 0 Å². The number of nitrogens with one attached hydrogen (secondary N) is 2. The third-order valence-electron chi connectivity index (χ3n) is 4.24. The third-order valence-corrected chi connectivity index (χ3v) is 4.49. The average Bonchev–Trinajstić information content (AvgIpc) is 2.71. The summed E-state index contributed by atoms with van der Waals surface area (Å²) in [6.07, 6.45) is 0.169. The predicted octanol–water partition coefficient (Wildman–Crippen LogP) is 3.85. The number of carbonyl (C=O) groups is 2. The maximum Gasteiger partial charge on any atom is 0.279 e. The zero-order valence-electron chi connectivity index (χ0n) is 16.2. The monoisotopic (exact) mass is 404 g/mol. The molecule has 0 spiro atoms. The number of benzene rings is 2. The highest BCUT2D eigenvalue weighted by Crippen LogP contribution is 2.28. The predicted molar refractivity (Wildman–Crippen MR) is 108 cm³/mol. The molecule has 150 valence electrons. The molecule has 0 radical (unpaired) electrons. The molecule has 7 heteroatoms. The number of para-hydroxylation sites is 1. The number of amides is 2. The van der Waals surface area contributed by atoms with Crippen molar-refractivity contribution in [3.63, 3.8) is 0 Å². The van der Waals surface area contributed by atoms with Crippen LogP contribution in [0.1, 0.15) is 38.7 Å². The Bertz CT molecular complexity index is 795. The van der Waals surface area contributed by atoms with Gasteiger partial charge in [-0.2, -0.15) is 0 Å². The van der Waals surface area contributed by atoms with Crippen LogP contribution in [-0.4, -0.2) is 24.5 Å². The van der Waals surface area contributed by atoms with Crippen LogP contribution in [0.25, 0.3) is 0 Å². The van der Waals surface area contributed by atoms with Gasteiger partial charge in [-0.3, -0.25) is 20.4 Å². The Morgan fingerprint density at radius 3 is 2.39 bits per heavy atom. The van der Waals surface area contributed by atoms with Gasteiger partial charge in [0.2, 0.25) is 0 Å². The van der Waals surface area contributed by atoms with Gasteiger partial charge in [0, 0.05) is 5.02 Å². The SMILES string of the molecule is CCC(C)c1ccccc1OCC(=O)NNC(=O)C(C)Oc1ccc(Cl)cc1. The summed E-state index contributed by atoms with van der Waals surface area (Å²) in [6, 6.07) is 14.3. The summed E-state index contributed by atoms with van der Waals surface area (Å²) in [6.45, 7) is 5.57. The Labute approximate surface area is 170 Å². The van der Waals surface area contributed by atoms with Crippen LogP contribution in [0.4, 0.5) is 0 Å². The van der Waals surface area contributed by atoms with Crippen LogP contribution in [0, 0.1) is 0 Å². The first kappa shape index (κ1) is 21.6. The highest BCUT2D eigenvalue weighted by Gasteiger charge is 2.16. The van der Waals surface area contributed by atoms with Gasteiger partial charge in [0.1, 0.15) is 11.5 Å². The van der Waals surface area contributed by atoms with Gasteiger partial charge in [-0.1, -0.05) is 43.6 Å². The maximum atomic E-state index is 12.1. The van der Waals surface area contributed by atoms with Gasteiger partial charge in [-0.15, -0.1) is 0 Å². The Morgan fingerprint density at radius 1 is 1.04 bits per heavy atom. The summed E-state index contributed by atoms with van der Waals surface area (Å²) < 4.78 is 11.1. The lowest BCUT2D eigenvalue weighted by Gasteiger charge is -2.17. The summed E-state index contributed by atoms with van der Waals surface area (Å²) in [4.78, 5) is 24.0. The van der Waals surface area contributed by atoms with Crippen molar-refractivity contribution in [1.82, 2.24) is 10.9 Å². The first-order valence-corrected chi connectivity index (χ1v) is 9.51. The van der Waals surface area contributed by atoms with Crippen molar-refractivity contribution in [2.45, 2.75) is 39.2 Å². The Balaban J connectivity index is 1.79. The van der Waals surface area contributed by atoms with Gasteiger partial charge >= 0.3 is 0 Å². The van der Waals surface area contributed by atoms with Gasteiger partial charge in [0.25, 0.3) is 11.8 Å². The van der Waals surface area contributed by atoms with Crippen LogP contribution in [-0.2, 0) is 9.59 Å². The van der Waals surface area contributed by atoms with Crippen LogP contribution < -0.4 is 20.3 Å². The standard InChI is InChI=1S/C21H25ClN2O4/c1-4-14(2)18-7-5-6-8-19(18)27-13-20(25)23-24-21(26)15(3)28-17-11-9-16(22)10-12-17/h5-12,14-15H,4,13H2,1-3H3,(H,23,25)(H,24,26). The van der Waals surface area contributed by atoms with Gasteiger partial charge in [0.15, 0.2) is 12.7 Å². The van der Waals surface area contributed by atoms with E-state index in [1.165, 1.54) is 0 Å². The molecule has 0 bridgehead atoms. The third kappa shape index (κ3) is 6.46. The number of rotatable bonds is 8. The van der Waals surface area contributed by atoms with E-state index in [2.05, 4.69) is 24.7 Å². The lowest BCUT2D eigenvalue weighted by Crippen LogP contribution is -2.48. The van der Waals surface area contributed by atoms with E-state index in [0.717, 1.165) is 12.0 Å². The quantitative estimate of drug-likeness (QED) is 0.655. The fourth-order valence-electron chi connectivity index (χ4n) is 2.42. The van der Waals surface area contributed by atoms with Crippen molar-refractivity contribution in [3.05, 3.63) is 59.1 Å². The molecule has 2 N–H and O–H groups in total. The molecular formula is C21H25ClN2O4. The molecule has 0 aliphatic carbocycles. The minimum atomic E-state index is -0.798. The van der Waals surface area contributed by atoms with E-state index in [0.29, 0.717) is 22.4 Å². The summed E-state index contributed by atoms with van der Waals surface area (Å²) in [7, 11) is 0. The van der Waals surface area contributed by atoms with Crippen molar-refractivity contribution in [2.75, 3.05) is 6.61 Å². The molecule has 28 heavy (non-hydrogen) atoms. The second-order valence-electron chi connectivity index (χ2n) is 6.39. The summed E-state index contributed by atoms with van der Waals surface area (Å²) in [5, 5.41) is 0.576. The number of ether oxygens (including phenoxy) is 2. The van der Waals surface area contributed by atoms with Gasteiger partial charge in [0.05, 0.1) is 0 Å². The highest BCUT2D eigenvalue weighted by atomic mass is 35.5. The Kier molecular flexibility index (Phi) is 8.14. The molecular weight excluding hydrogens is 380 g/mol. The van der Waals surface area contributed by atoms with E-state index >= 15 is 0 Å². The molecule has 2 aromatic carbocycles. The summed E-state index contributed by atoms with van der Waals surface area (Å²) in [5.74, 6) is 0.542. The molecule has 2 rings (SSSR count). The second kappa shape index (κ2) is 10.6. The molecule has 0 fully saturated rings. The first-order chi connectivity index (χ1) is 13.4. The minimum absolute atomic E-state index is 0.208. The van der Waals surface area contributed by atoms with E-state index < -0.39 is 17.9 Å². The molecule has 0 aliphatic rings. The van der Waals surface area contributed by atoms with E-state index in [9.17, 15) is 9.59 Å². The molecule has 0 aromatic heterocycles. The first-order valence-electron chi connectivity index (χ1n) is 9.13. The molecule has 2 amide bonds. The molecule has 0 saturated carbocycles. The van der Waals surface area contributed by atoms with Crippen LogP contribution in [0.15, 0.2) is 48.5 Å². The Hall–Kier alpha value is -2.73. The Morgan fingerprint density at radius 2 is 1.71 bits per heavy atom. The fourth-order valence-corrected chi connectivity index (χ4v) is 2.55. The van der Waals surface area contributed by atoms with E-state index in [1.54, 1.807) is 31.2 Å². The van der Waals surface area contributed by atoms with Crippen molar-refractivity contribution in [3.8, 4) is 11.5 Å². The number of hydrogen-bond donors (Lipinski definition) is 2. The number of hydrazine groups is 1. The van der Waals surface area contributed by atoms with E-state index in [-0.39, 0.29) is 6.61 Å². The number of hydrogen-bond acceptors (Lipinski definition) is 4. The zero-order chi connectivity index (χ0) is 20.5. The van der Waals surface area contributed by atoms with Gasteiger partial charge < -0.3 is 9.47 Å². The van der Waals surface area contributed by atoms with E-state index in [4.69, 9.17) is 21.1 Å². The molecule has 6 nitrogen and oxygen atoms in total. The lowest BCUT2D eigenvalue weighted by atomic mass is 9.98. The minimum Gasteiger partial charge on any atom is -0.483 e. The van der Waals surface area contributed by atoms with E-state index in [1.807, 2.05) is 24.3 Å². The van der Waals surface area contributed by atoms with Crippen LogP contribution in [0.3, 0.4) is 0 Å². The largest absolute Gasteiger partial charge is 0.483 e. The fraction of sp³-hybridized carbons (Fsp3) is 0.333. The lowest BCUT2D eigenvalue weighted by molar-refractivity contribution is -0.133. The summed E-state index contributed by atoms with van der Waals surface area (Å²) >= 11 is 5.81. The smallest absolute Gasteiger partial charge is 0.279 e. The van der Waals surface area contributed by atoms with Crippen molar-refractivity contribution < 1.29 is 19.1 Å². The van der Waals surface area contributed by atoms with Crippen molar-refractivity contribution >= 4 is 23.4 Å². The normalized spacial score (nSPS) is 12.6. The van der Waals surface area contributed by atoms with Gasteiger partial charge in [-0.05, 0) is 55.2 Å². The van der Waals surface area contributed by atoms with Crippen molar-refractivity contribution in [1.29, 1.82) is 0 Å². The topological polar surface area (TPSA) is 76.7 Å². The molecule has 0 aliphatic heterocycles. The molecule has 2 atom stereocenters. The highest BCUT2D eigenvalue weighted by molar-refractivity contribution is 6.30. The number of carbonyl (C=O) groups excluding carboxylic acids is 2. The molecule has 0 saturated heterocycles. The zero-order valence-corrected chi connectivity index (χ0v) is 17.0. The molecule has 2 aromatic rings. The molecule has 2 unspecified atom stereocenters.